The summed E-state index contributed by atoms with van der Waals surface area (Å²) in [6.45, 7) is -0.142. The summed E-state index contributed by atoms with van der Waals surface area (Å²) < 4.78 is 22.5. The van der Waals surface area contributed by atoms with Gasteiger partial charge in [-0.05, 0) is 55.3 Å². The standard InChI is InChI=1S/C33H36N2O8P2/c36-30-29(24-42-45(39,40)41)43-33(31(30)37)35-21-12-13-25(23-35)32(38)34-20-10-11-22-44(26-14-4-1-5-15-26,27-16-6-2-7-17-27)28-18-8-3-9-19-28/h1-9,12-19,21,23,29-31,33,36-37H,10-11,20,22,24H2,(H-2,34,38,39,40,41)/p+2/t29-,30-,31-,33-/m1/s1. The molecule has 0 bridgehead atoms. The van der Waals surface area contributed by atoms with E-state index < -0.39 is 46.2 Å². The van der Waals surface area contributed by atoms with E-state index in [1.165, 1.54) is 26.7 Å². The average Bonchev–Trinajstić information content (AvgIpc) is 3.35. The smallest absolute Gasteiger partial charge is 0.387 e. The van der Waals surface area contributed by atoms with Crippen molar-refractivity contribution in [1.29, 1.82) is 0 Å². The van der Waals surface area contributed by atoms with E-state index in [2.05, 4.69) is 82.6 Å². The Morgan fingerprint density at radius 1 is 0.822 bits per heavy atom. The first kappa shape index (κ1) is 33.1. The minimum absolute atomic E-state index is 0.297. The first-order valence-electron chi connectivity index (χ1n) is 14.7. The Hall–Kier alpha value is -3.30. The van der Waals surface area contributed by atoms with Crippen molar-refractivity contribution in [2.75, 3.05) is 19.3 Å². The average molecular weight is 653 g/mol. The number of aliphatic hydroxyl groups is 2. The fraction of sp³-hybridized carbons (Fsp3) is 0.273. The largest absolute Gasteiger partial charge is 0.469 e. The first-order chi connectivity index (χ1) is 21.7. The van der Waals surface area contributed by atoms with Crippen molar-refractivity contribution in [3.63, 3.8) is 0 Å². The van der Waals surface area contributed by atoms with Gasteiger partial charge in [-0.3, -0.25) is 9.32 Å². The van der Waals surface area contributed by atoms with Crippen LogP contribution in [0.4, 0.5) is 0 Å². The third-order valence-corrected chi connectivity index (χ3v) is 12.9. The van der Waals surface area contributed by atoms with E-state index in [1.54, 1.807) is 18.3 Å². The number of pyridine rings is 1. The molecule has 1 amide bonds. The van der Waals surface area contributed by atoms with Gasteiger partial charge in [0.05, 0.1) is 12.8 Å². The van der Waals surface area contributed by atoms with E-state index in [4.69, 9.17) is 14.5 Å². The van der Waals surface area contributed by atoms with Crippen LogP contribution in [0.1, 0.15) is 29.4 Å². The molecule has 1 fully saturated rings. The zero-order valence-electron chi connectivity index (χ0n) is 24.6. The van der Waals surface area contributed by atoms with Crippen LogP contribution in [-0.4, -0.2) is 63.5 Å². The predicted octanol–water partition coefficient (Wildman–Crippen LogP) is 2.21. The molecule has 3 aromatic carbocycles. The Morgan fingerprint density at radius 3 is 1.91 bits per heavy atom. The molecular weight excluding hydrogens is 614 g/mol. The summed E-state index contributed by atoms with van der Waals surface area (Å²) in [5.41, 5.74) is 0.331. The van der Waals surface area contributed by atoms with Gasteiger partial charge in [-0.2, -0.15) is 4.57 Å². The number of hydrogen-bond donors (Lipinski definition) is 5. The Morgan fingerprint density at radius 2 is 1.38 bits per heavy atom. The number of aromatic nitrogens is 1. The number of phosphoric ester groups is 1. The zero-order chi connectivity index (χ0) is 31.9. The van der Waals surface area contributed by atoms with Gasteiger partial charge in [0, 0.05) is 12.6 Å². The molecule has 5 N–H and O–H groups in total. The summed E-state index contributed by atoms with van der Waals surface area (Å²) in [4.78, 5) is 31.0. The van der Waals surface area contributed by atoms with Gasteiger partial charge in [0.1, 0.15) is 40.9 Å². The molecule has 0 radical (unpaired) electrons. The number of ether oxygens (including phenoxy) is 1. The summed E-state index contributed by atoms with van der Waals surface area (Å²) in [7, 11) is -6.73. The lowest BCUT2D eigenvalue weighted by atomic mass is 10.1. The SMILES string of the molecule is O=C(NCCCC[P+](c1ccccc1)(c1ccccc1)c1ccccc1)c1ccc[n+]([C@@H]2O[C@H](COP(=O)(O)O)[C@@H](O)[C@H]2O)c1. The number of nitrogens with one attached hydrogen (secondary N) is 1. The first-order valence-corrected chi connectivity index (χ1v) is 18.2. The number of unbranched alkanes of at least 4 members (excludes halogenated alkanes) is 1. The van der Waals surface area contributed by atoms with Crippen molar-refractivity contribution in [3.8, 4) is 0 Å². The molecule has 1 saturated heterocycles. The maximum absolute atomic E-state index is 13.1. The monoisotopic (exact) mass is 652 g/mol. The molecule has 4 aromatic rings. The lowest BCUT2D eigenvalue weighted by Gasteiger charge is -2.27. The number of benzene rings is 3. The van der Waals surface area contributed by atoms with Crippen LogP contribution in [0, 0.1) is 0 Å². The second-order valence-corrected chi connectivity index (χ2v) is 15.7. The van der Waals surface area contributed by atoms with Gasteiger partial charge in [0.2, 0.25) is 0 Å². The number of phosphoric acid groups is 1. The molecule has 10 nitrogen and oxygen atoms in total. The molecule has 45 heavy (non-hydrogen) atoms. The number of carbonyl (C=O) groups is 1. The molecule has 0 spiro atoms. The van der Waals surface area contributed by atoms with Crippen molar-refractivity contribution in [2.45, 2.75) is 37.4 Å². The molecule has 0 aliphatic carbocycles. The number of rotatable bonds is 13. The van der Waals surface area contributed by atoms with Gasteiger partial charge < -0.3 is 30.1 Å². The van der Waals surface area contributed by atoms with Crippen LogP contribution in [0.25, 0.3) is 0 Å². The van der Waals surface area contributed by atoms with Crippen LogP contribution >= 0.6 is 15.1 Å². The number of aliphatic hydroxyl groups excluding tert-OH is 2. The molecule has 1 aliphatic heterocycles. The second kappa shape index (κ2) is 14.9. The molecule has 4 atom stereocenters. The molecule has 2 heterocycles. The Balaban J connectivity index is 1.23. The van der Waals surface area contributed by atoms with Gasteiger partial charge in [-0.15, -0.1) is 0 Å². The van der Waals surface area contributed by atoms with E-state index in [-0.39, 0.29) is 5.91 Å². The minimum Gasteiger partial charge on any atom is -0.387 e. The van der Waals surface area contributed by atoms with Crippen LogP contribution in [-0.2, 0) is 13.8 Å². The molecule has 1 aliphatic rings. The van der Waals surface area contributed by atoms with Gasteiger partial charge in [-0.1, -0.05) is 54.6 Å². The van der Waals surface area contributed by atoms with Crippen LogP contribution in [0.3, 0.4) is 0 Å². The number of amides is 1. The van der Waals surface area contributed by atoms with Crippen molar-refractivity contribution in [3.05, 3.63) is 121 Å². The highest BCUT2D eigenvalue weighted by molar-refractivity contribution is 7.95. The van der Waals surface area contributed by atoms with Crippen LogP contribution in [0.15, 0.2) is 116 Å². The normalized spacial score (nSPS) is 20.2. The molecule has 12 heteroatoms. The van der Waals surface area contributed by atoms with E-state index >= 15 is 0 Å². The fourth-order valence-electron chi connectivity index (χ4n) is 5.73. The van der Waals surface area contributed by atoms with Crippen LogP contribution in [0.5, 0.6) is 0 Å². The number of carbonyl (C=O) groups excluding carboxylic acids is 1. The van der Waals surface area contributed by atoms with Gasteiger partial charge >= 0.3 is 7.82 Å². The van der Waals surface area contributed by atoms with Crippen molar-refractivity contribution in [2.24, 2.45) is 0 Å². The predicted molar refractivity (Wildman–Crippen MR) is 172 cm³/mol. The van der Waals surface area contributed by atoms with Gasteiger partial charge in [0.25, 0.3) is 12.1 Å². The summed E-state index contributed by atoms with van der Waals surface area (Å²) in [6.07, 6.45) is 0.584. The van der Waals surface area contributed by atoms with Crippen LogP contribution in [0.2, 0.25) is 0 Å². The molecule has 1 aromatic heterocycles. The summed E-state index contributed by atoms with van der Waals surface area (Å²) in [6, 6.07) is 35.2. The quantitative estimate of drug-likeness (QED) is 0.0839. The maximum atomic E-state index is 13.1. The lowest BCUT2D eigenvalue weighted by Crippen LogP contribution is -2.46. The van der Waals surface area contributed by atoms with E-state index in [9.17, 15) is 19.6 Å². The molecule has 0 unspecified atom stereocenters. The summed E-state index contributed by atoms with van der Waals surface area (Å²) >= 11 is 0. The van der Waals surface area contributed by atoms with Crippen molar-refractivity contribution < 1.29 is 43.2 Å². The number of nitrogens with zero attached hydrogens (tertiary/aromatic N) is 1. The number of hydrogen-bond acceptors (Lipinski definition) is 6. The Labute approximate surface area is 262 Å². The zero-order valence-corrected chi connectivity index (χ0v) is 26.4. The summed E-state index contributed by atoms with van der Waals surface area (Å²) in [5, 5.41) is 27.8. The van der Waals surface area contributed by atoms with E-state index in [0.717, 1.165) is 19.0 Å². The lowest BCUT2D eigenvalue weighted by molar-refractivity contribution is -0.765. The van der Waals surface area contributed by atoms with Gasteiger partial charge in [0.15, 0.2) is 18.5 Å². The molecule has 0 saturated carbocycles. The third-order valence-electron chi connectivity index (χ3n) is 7.92. The minimum atomic E-state index is -4.78. The third kappa shape index (κ3) is 7.93. The molecule has 5 rings (SSSR count). The maximum Gasteiger partial charge on any atom is 0.469 e. The Bertz CT molecular complexity index is 1490. The van der Waals surface area contributed by atoms with Crippen molar-refractivity contribution >= 4 is 36.9 Å². The molecule has 236 valence electrons. The highest BCUT2D eigenvalue weighted by atomic mass is 31.2. The van der Waals surface area contributed by atoms with Gasteiger partial charge in [-0.25, -0.2) is 4.57 Å². The highest BCUT2D eigenvalue weighted by Gasteiger charge is 2.49. The second-order valence-electron chi connectivity index (χ2n) is 10.9. The van der Waals surface area contributed by atoms with E-state index in [0.29, 0.717) is 12.1 Å². The Kier molecular flexibility index (Phi) is 10.9. The summed E-state index contributed by atoms with van der Waals surface area (Å²) in [5.74, 6) is -0.297. The highest BCUT2D eigenvalue weighted by Crippen LogP contribution is 2.55. The van der Waals surface area contributed by atoms with Crippen LogP contribution < -0.4 is 25.8 Å². The fourth-order valence-corrected chi connectivity index (χ4v) is 10.5. The topological polar surface area (TPSA) is 149 Å². The van der Waals surface area contributed by atoms with E-state index in [1.807, 2.05) is 18.2 Å². The molecular formula is C33H38N2O8P2+2. The van der Waals surface area contributed by atoms with Crippen molar-refractivity contribution in [1.82, 2.24) is 5.32 Å².